The summed E-state index contributed by atoms with van der Waals surface area (Å²) in [7, 11) is 0. The molecule has 1 aromatic heterocycles. The molecule has 0 radical (unpaired) electrons. The van der Waals surface area contributed by atoms with Crippen molar-refractivity contribution in [2.75, 3.05) is 45.0 Å². The number of nitrogen functional groups attached to an aromatic ring is 1. The molecule has 0 saturated carbocycles. The van der Waals surface area contributed by atoms with Crippen molar-refractivity contribution in [1.29, 1.82) is 0 Å². The molecule has 0 spiro atoms. The van der Waals surface area contributed by atoms with Crippen molar-refractivity contribution in [3.63, 3.8) is 0 Å². The molecule has 0 aromatic carbocycles. The highest BCUT2D eigenvalue weighted by Gasteiger charge is 2.34. The zero-order valence-electron chi connectivity index (χ0n) is 16.6. The number of rotatable bonds is 3. The Bertz CT molecular complexity index is 711. The van der Waals surface area contributed by atoms with Crippen molar-refractivity contribution in [2.24, 2.45) is 5.92 Å². The summed E-state index contributed by atoms with van der Waals surface area (Å²) in [5, 5.41) is 0. The molecule has 1 aromatic rings. The SMILES string of the molecule is Nc1cc(C(=O)N2CCC(N3CCC[C@@H](C(=O)N4CCCC4)C3)CC2)ccn1. The number of carbonyl (C=O) groups excluding carboxylic acids is 2. The minimum Gasteiger partial charge on any atom is -0.384 e. The van der Waals surface area contributed by atoms with Crippen molar-refractivity contribution >= 4 is 17.6 Å². The molecule has 152 valence electrons. The van der Waals surface area contributed by atoms with E-state index < -0.39 is 0 Å². The lowest BCUT2D eigenvalue weighted by Crippen LogP contribution is -2.51. The van der Waals surface area contributed by atoms with E-state index in [1.54, 1.807) is 18.3 Å². The molecule has 0 unspecified atom stereocenters. The van der Waals surface area contributed by atoms with Crippen LogP contribution in [0.15, 0.2) is 18.3 Å². The zero-order valence-corrected chi connectivity index (χ0v) is 16.6. The topological polar surface area (TPSA) is 82.8 Å². The maximum absolute atomic E-state index is 12.8. The third kappa shape index (κ3) is 4.14. The number of hydrogen-bond donors (Lipinski definition) is 1. The summed E-state index contributed by atoms with van der Waals surface area (Å²) >= 11 is 0. The summed E-state index contributed by atoms with van der Waals surface area (Å²) in [5.74, 6) is 0.937. The van der Waals surface area contributed by atoms with Gasteiger partial charge in [0, 0.05) is 50.5 Å². The maximum atomic E-state index is 12.8. The Labute approximate surface area is 166 Å². The number of likely N-dealkylation sites (tertiary alicyclic amines) is 3. The molecule has 1 atom stereocenters. The summed E-state index contributed by atoms with van der Waals surface area (Å²) < 4.78 is 0. The Morgan fingerprint density at radius 2 is 1.71 bits per heavy atom. The van der Waals surface area contributed by atoms with E-state index in [2.05, 4.69) is 14.8 Å². The maximum Gasteiger partial charge on any atom is 0.254 e. The third-order valence-electron chi connectivity index (χ3n) is 6.52. The second-order valence-corrected chi connectivity index (χ2v) is 8.36. The van der Waals surface area contributed by atoms with Crippen LogP contribution in [0.2, 0.25) is 0 Å². The molecular weight excluding hydrogens is 354 g/mol. The normalized spacial score (nSPS) is 24.5. The molecule has 0 aliphatic carbocycles. The van der Waals surface area contributed by atoms with Crippen LogP contribution in [0, 0.1) is 5.92 Å². The van der Waals surface area contributed by atoms with Crippen LogP contribution < -0.4 is 5.73 Å². The minimum atomic E-state index is 0.0354. The van der Waals surface area contributed by atoms with Crippen LogP contribution in [0.4, 0.5) is 5.82 Å². The molecule has 3 fully saturated rings. The van der Waals surface area contributed by atoms with Gasteiger partial charge in [-0.3, -0.25) is 14.5 Å². The monoisotopic (exact) mass is 385 g/mol. The predicted octanol–water partition coefficient (Wildman–Crippen LogP) is 1.60. The van der Waals surface area contributed by atoms with Gasteiger partial charge in [0.25, 0.3) is 5.91 Å². The molecule has 28 heavy (non-hydrogen) atoms. The van der Waals surface area contributed by atoms with E-state index in [1.807, 2.05) is 4.90 Å². The number of anilines is 1. The largest absolute Gasteiger partial charge is 0.384 e. The van der Waals surface area contributed by atoms with Gasteiger partial charge in [-0.25, -0.2) is 4.98 Å². The fourth-order valence-electron chi connectivity index (χ4n) is 4.93. The van der Waals surface area contributed by atoms with Crippen LogP contribution in [0.3, 0.4) is 0 Å². The van der Waals surface area contributed by atoms with E-state index >= 15 is 0 Å². The van der Waals surface area contributed by atoms with Crippen LogP contribution in [-0.4, -0.2) is 76.8 Å². The Morgan fingerprint density at radius 3 is 2.43 bits per heavy atom. The lowest BCUT2D eigenvalue weighted by atomic mass is 9.92. The first kappa shape index (κ1) is 19.2. The second-order valence-electron chi connectivity index (χ2n) is 8.36. The molecule has 3 saturated heterocycles. The van der Waals surface area contributed by atoms with E-state index in [-0.39, 0.29) is 11.8 Å². The van der Waals surface area contributed by atoms with Gasteiger partial charge in [-0.2, -0.15) is 0 Å². The zero-order chi connectivity index (χ0) is 19.5. The summed E-state index contributed by atoms with van der Waals surface area (Å²) in [6.07, 6.45) is 7.94. The highest BCUT2D eigenvalue weighted by molar-refractivity contribution is 5.94. The van der Waals surface area contributed by atoms with Crippen LogP contribution in [0.5, 0.6) is 0 Å². The summed E-state index contributed by atoms with van der Waals surface area (Å²) in [6.45, 7) is 5.35. The molecule has 4 rings (SSSR count). The average Bonchev–Trinajstić information content (AvgIpc) is 3.28. The molecule has 2 N–H and O–H groups in total. The number of piperidine rings is 2. The van der Waals surface area contributed by atoms with E-state index in [0.29, 0.717) is 23.3 Å². The van der Waals surface area contributed by atoms with Crippen LogP contribution in [0.25, 0.3) is 0 Å². The van der Waals surface area contributed by atoms with Crippen molar-refractivity contribution in [3.05, 3.63) is 23.9 Å². The van der Waals surface area contributed by atoms with E-state index in [0.717, 1.165) is 77.8 Å². The lowest BCUT2D eigenvalue weighted by Gasteiger charge is -2.42. The standard InChI is InChI=1S/C21H31N5O2/c22-19-14-16(5-8-23-19)20(27)25-12-6-18(7-13-25)26-11-3-4-17(15-26)21(28)24-9-1-2-10-24/h5,8,14,17-18H,1-4,6-7,9-13,15H2,(H2,22,23)/t17-/m1/s1. The smallest absolute Gasteiger partial charge is 0.254 e. The predicted molar refractivity (Wildman–Crippen MR) is 108 cm³/mol. The van der Waals surface area contributed by atoms with Crippen LogP contribution in [-0.2, 0) is 4.79 Å². The number of pyridine rings is 1. The molecule has 0 bridgehead atoms. The van der Waals surface area contributed by atoms with Gasteiger partial charge in [0.15, 0.2) is 0 Å². The number of aromatic nitrogens is 1. The van der Waals surface area contributed by atoms with Crippen molar-refractivity contribution in [2.45, 2.75) is 44.6 Å². The van der Waals surface area contributed by atoms with Gasteiger partial charge in [0.1, 0.15) is 5.82 Å². The molecule has 2 amide bonds. The van der Waals surface area contributed by atoms with Gasteiger partial charge in [-0.05, 0) is 57.2 Å². The third-order valence-corrected chi connectivity index (χ3v) is 6.52. The number of hydrogen-bond acceptors (Lipinski definition) is 5. The Hall–Kier alpha value is -2.15. The van der Waals surface area contributed by atoms with Gasteiger partial charge in [-0.1, -0.05) is 0 Å². The van der Waals surface area contributed by atoms with E-state index in [1.165, 1.54) is 0 Å². The van der Waals surface area contributed by atoms with Gasteiger partial charge in [-0.15, -0.1) is 0 Å². The highest BCUT2D eigenvalue weighted by Crippen LogP contribution is 2.26. The molecule has 7 heteroatoms. The first-order valence-corrected chi connectivity index (χ1v) is 10.7. The highest BCUT2D eigenvalue weighted by atomic mass is 16.2. The molecule has 7 nitrogen and oxygen atoms in total. The summed E-state index contributed by atoms with van der Waals surface area (Å²) in [6, 6.07) is 3.85. The summed E-state index contributed by atoms with van der Waals surface area (Å²) in [5.41, 5.74) is 6.32. The molecule has 3 aliphatic heterocycles. The molecular formula is C21H31N5O2. The lowest BCUT2D eigenvalue weighted by molar-refractivity contribution is -0.136. The fraction of sp³-hybridized carbons (Fsp3) is 0.667. The number of carbonyl (C=O) groups is 2. The van der Waals surface area contributed by atoms with Gasteiger partial charge in [0.2, 0.25) is 5.91 Å². The number of nitrogens with two attached hydrogens (primary N) is 1. The number of amides is 2. The van der Waals surface area contributed by atoms with Crippen molar-refractivity contribution in [3.8, 4) is 0 Å². The van der Waals surface area contributed by atoms with Crippen LogP contribution in [0.1, 0.15) is 48.9 Å². The molecule has 3 aliphatic rings. The first-order valence-electron chi connectivity index (χ1n) is 10.7. The van der Waals surface area contributed by atoms with Gasteiger partial charge < -0.3 is 15.5 Å². The van der Waals surface area contributed by atoms with E-state index in [9.17, 15) is 9.59 Å². The fourth-order valence-corrected chi connectivity index (χ4v) is 4.93. The second kappa shape index (κ2) is 8.47. The molecule has 4 heterocycles. The number of nitrogens with zero attached hydrogens (tertiary/aromatic N) is 4. The van der Waals surface area contributed by atoms with Crippen molar-refractivity contribution in [1.82, 2.24) is 19.7 Å². The Morgan fingerprint density at radius 1 is 0.964 bits per heavy atom. The van der Waals surface area contributed by atoms with Gasteiger partial charge >= 0.3 is 0 Å². The average molecular weight is 386 g/mol. The van der Waals surface area contributed by atoms with Gasteiger partial charge in [0.05, 0.1) is 5.92 Å². The Balaban J connectivity index is 1.30. The van der Waals surface area contributed by atoms with E-state index in [4.69, 9.17) is 5.73 Å². The first-order chi connectivity index (χ1) is 13.6. The Kier molecular flexibility index (Phi) is 5.80. The minimum absolute atomic E-state index is 0.0354. The quantitative estimate of drug-likeness (QED) is 0.855. The summed E-state index contributed by atoms with van der Waals surface area (Å²) in [4.78, 5) is 35.9. The van der Waals surface area contributed by atoms with Crippen LogP contribution >= 0.6 is 0 Å². The van der Waals surface area contributed by atoms with Crippen molar-refractivity contribution < 1.29 is 9.59 Å².